The fourth-order valence-electron chi connectivity index (χ4n) is 2.88. The van der Waals surface area contributed by atoms with Gasteiger partial charge >= 0.3 is 0 Å². The molecule has 0 saturated heterocycles. The third-order valence-electron chi connectivity index (χ3n) is 3.82. The fourth-order valence-corrected chi connectivity index (χ4v) is 2.88. The summed E-state index contributed by atoms with van der Waals surface area (Å²) >= 11 is 0. The van der Waals surface area contributed by atoms with Crippen molar-refractivity contribution in [2.75, 3.05) is 0 Å². The van der Waals surface area contributed by atoms with Gasteiger partial charge in [-0.3, -0.25) is 0 Å². The van der Waals surface area contributed by atoms with Crippen LogP contribution in [-0.4, -0.2) is 6.04 Å². The lowest BCUT2D eigenvalue weighted by molar-refractivity contribution is 0.432. The molecule has 0 amide bonds. The first-order chi connectivity index (χ1) is 7.83. The Kier molecular flexibility index (Phi) is 4.00. The van der Waals surface area contributed by atoms with Crippen molar-refractivity contribution in [3.8, 4) is 0 Å². The topological polar surface area (TPSA) is 26.0 Å². The van der Waals surface area contributed by atoms with E-state index in [1.807, 2.05) is 0 Å². The molecule has 2 unspecified atom stereocenters. The summed E-state index contributed by atoms with van der Waals surface area (Å²) in [7, 11) is 0. The molecule has 0 aliphatic heterocycles. The molecule has 0 fully saturated rings. The molecule has 0 heterocycles. The second-order valence-corrected chi connectivity index (χ2v) is 5.00. The van der Waals surface area contributed by atoms with Crippen molar-refractivity contribution in [1.82, 2.24) is 0 Å². The highest BCUT2D eigenvalue weighted by molar-refractivity contribution is 5.33. The smallest absolute Gasteiger partial charge is 0.0108 e. The second kappa shape index (κ2) is 5.49. The van der Waals surface area contributed by atoms with Crippen LogP contribution in [0.3, 0.4) is 0 Å². The van der Waals surface area contributed by atoms with Crippen LogP contribution >= 0.6 is 0 Å². The Bertz CT molecular complexity index is 332. The number of nitrogens with two attached hydrogens (primary N) is 1. The summed E-state index contributed by atoms with van der Waals surface area (Å²) < 4.78 is 0. The maximum atomic E-state index is 6.35. The van der Waals surface area contributed by atoms with Gasteiger partial charge < -0.3 is 5.73 Å². The van der Waals surface area contributed by atoms with Gasteiger partial charge in [0.25, 0.3) is 0 Å². The van der Waals surface area contributed by atoms with E-state index < -0.39 is 0 Å². The second-order valence-electron chi connectivity index (χ2n) is 5.00. The lowest BCUT2D eigenvalue weighted by atomic mass is 9.78. The van der Waals surface area contributed by atoms with Crippen LogP contribution in [0.4, 0.5) is 0 Å². The van der Waals surface area contributed by atoms with E-state index in [4.69, 9.17) is 5.73 Å². The summed E-state index contributed by atoms with van der Waals surface area (Å²) in [5.74, 6) is 0.608. The SMILES string of the molecule is CCCCC(N)C1CCCc2ccccc21. The largest absolute Gasteiger partial charge is 0.327 e. The number of hydrogen-bond acceptors (Lipinski definition) is 1. The maximum absolute atomic E-state index is 6.35. The van der Waals surface area contributed by atoms with Gasteiger partial charge in [0.05, 0.1) is 0 Å². The summed E-state index contributed by atoms with van der Waals surface area (Å²) in [5, 5.41) is 0. The molecule has 0 bridgehead atoms. The van der Waals surface area contributed by atoms with Gasteiger partial charge in [-0.15, -0.1) is 0 Å². The molecule has 0 radical (unpaired) electrons. The fraction of sp³-hybridized carbons (Fsp3) is 0.600. The van der Waals surface area contributed by atoms with Crippen molar-refractivity contribution in [3.05, 3.63) is 35.4 Å². The van der Waals surface area contributed by atoms with E-state index in [1.165, 1.54) is 49.7 Å². The lowest BCUT2D eigenvalue weighted by Gasteiger charge is -2.30. The summed E-state index contributed by atoms with van der Waals surface area (Å²) in [4.78, 5) is 0. The third kappa shape index (κ3) is 2.46. The number of rotatable bonds is 4. The maximum Gasteiger partial charge on any atom is 0.0108 e. The zero-order chi connectivity index (χ0) is 11.4. The number of unbranched alkanes of at least 4 members (excludes halogenated alkanes) is 1. The minimum absolute atomic E-state index is 0.362. The molecule has 1 aromatic rings. The van der Waals surface area contributed by atoms with Gasteiger partial charge in [-0.1, -0.05) is 44.0 Å². The van der Waals surface area contributed by atoms with Crippen molar-refractivity contribution >= 4 is 0 Å². The summed E-state index contributed by atoms with van der Waals surface area (Å²) in [6.07, 6.45) is 7.52. The van der Waals surface area contributed by atoms with Crippen molar-refractivity contribution in [2.45, 2.75) is 57.4 Å². The number of aryl methyl sites for hydroxylation is 1. The van der Waals surface area contributed by atoms with Crippen molar-refractivity contribution in [2.24, 2.45) is 5.73 Å². The van der Waals surface area contributed by atoms with E-state index in [2.05, 4.69) is 31.2 Å². The molecule has 0 spiro atoms. The monoisotopic (exact) mass is 217 g/mol. The molecule has 88 valence electrons. The summed E-state index contributed by atoms with van der Waals surface area (Å²) in [6, 6.07) is 9.22. The highest BCUT2D eigenvalue weighted by atomic mass is 14.6. The molecule has 1 heteroatoms. The van der Waals surface area contributed by atoms with Gasteiger partial charge in [-0.25, -0.2) is 0 Å². The zero-order valence-corrected chi connectivity index (χ0v) is 10.3. The van der Waals surface area contributed by atoms with Gasteiger partial charge in [0, 0.05) is 6.04 Å². The van der Waals surface area contributed by atoms with E-state index in [0.29, 0.717) is 12.0 Å². The van der Waals surface area contributed by atoms with Crippen LogP contribution in [0.1, 0.15) is 56.1 Å². The summed E-state index contributed by atoms with van der Waals surface area (Å²) in [6.45, 7) is 2.24. The Morgan fingerprint density at radius 3 is 3.00 bits per heavy atom. The molecule has 2 N–H and O–H groups in total. The van der Waals surface area contributed by atoms with Gasteiger partial charge in [-0.2, -0.15) is 0 Å². The average molecular weight is 217 g/mol. The van der Waals surface area contributed by atoms with Crippen LogP contribution in [0.2, 0.25) is 0 Å². The first kappa shape index (κ1) is 11.7. The quantitative estimate of drug-likeness (QED) is 0.819. The molecule has 1 aliphatic carbocycles. The Morgan fingerprint density at radius 1 is 1.38 bits per heavy atom. The average Bonchev–Trinajstić information content (AvgIpc) is 2.35. The van der Waals surface area contributed by atoms with Crippen LogP contribution in [0.5, 0.6) is 0 Å². The highest BCUT2D eigenvalue weighted by Crippen LogP contribution is 2.34. The minimum Gasteiger partial charge on any atom is -0.327 e. The molecule has 2 rings (SSSR count). The lowest BCUT2D eigenvalue weighted by Crippen LogP contribution is -2.30. The predicted octanol–water partition coefficient (Wildman–Crippen LogP) is 3.62. The van der Waals surface area contributed by atoms with Crippen LogP contribution < -0.4 is 5.73 Å². The van der Waals surface area contributed by atoms with Gasteiger partial charge in [0.2, 0.25) is 0 Å². The van der Waals surface area contributed by atoms with Crippen LogP contribution in [0, 0.1) is 0 Å². The number of benzene rings is 1. The van der Waals surface area contributed by atoms with Crippen LogP contribution in [0.25, 0.3) is 0 Å². The first-order valence-corrected chi connectivity index (χ1v) is 6.66. The Balaban J connectivity index is 2.12. The van der Waals surface area contributed by atoms with E-state index in [-0.39, 0.29) is 0 Å². The standard InChI is InChI=1S/C15H23N/c1-2-3-11-15(16)14-10-6-8-12-7-4-5-9-13(12)14/h4-5,7,9,14-15H,2-3,6,8,10-11,16H2,1H3. The Labute approximate surface area is 99.0 Å². The molecular formula is C15H23N. The normalized spacial score (nSPS) is 21.5. The van der Waals surface area contributed by atoms with E-state index in [1.54, 1.807) is 0 Å². The van der Waals surface area contributed by atoms with Crippen LogP contribution in [0.15, 0.2) is 24.3 Å². The molecule has 0 aromatic heterocycles. The zero-order valence-electron chi connectivity index (χ0n) is 10.3. The van der Waals surface area contributed by atoms with E-state index in [9.17, 15) is 0 Å². The van der Waals surface area contributed by atoms with Gasteiger partial charge in [0.1, 0.15) is 0 Å². The summed E-state index contributed by atoms with van der Waals surface area (Å²) in [5.41, 5.74) is 9.41. The Hall–Kier alpha value is -0.820. The van der Waals surface area contributed by atoms with Crippen molar-refractivity contribution in [3.63, 3.8) is 0 Å². The van der Waals surface area contributed by atoms with E-state index in [0.717, 1.165) is 0 Å². The minimum atomic E-state index is 0.362. The number of hydrogen-bond donors (Lipinski definition) is 1. The Morgan fingerprint density at radius 2 is 2.19 bits per heavy atom. The molecular weight excluding hydrogens is 194 g/mol. The molecule has 2 atom stereocenters. The molecule has 1 aromatic carbocycles. The van der Waals surface area contributed by atoms with Crippen molar-refractivity contribution in [1.29, 1.82) is 0 Å². The molecule has 0 saturated carbocycles. The predicted molar refractivity (Wildman–Crippen MR) is 69.6 cm³/mol. The van der Waals surface area contributed by atoms with Crippen molar-refractivity contribution < 1.29 is 0 Å². The molecule has 1 aliphatic rings. The third-order valence-corrected chi connectivity index (χ3v) is 3.82. The highest BCUT2D eigenvalue weighted by Gasteiger charge is 2.24. The molecule has 1 nitrogen and oxygen atoms in total. The number of fused-ring (bicyclic) bond motifs is 1. The molecule has 16 heavy (non-hydrogen) atoms. The van der Waals surface area contributed by atoms with Gasteiger partial charge in [0.15, 0.2) is 0 Å². The van der Waals surface area contributed by atoms with Crippen LogP contribution in [-0.2, 0) is 6.42 Å². The van der Waals surface area contributed by atoms with Gasteiger partial charge in [-0.05, 0) is 42.7 Å². The van der Waals surface area contributed by atoms with E-state index >= 15 is 0 Å². The first-order valence-electron chi connectivity index (χ1n) is 6.66.